The minimum absolute atomic E-state index is 0.237. The Balaban J connectivity index is 2.22. The number of rotatable bonds is 5. The Hall–Kier alpha value is -3.37. The average Bonchev–Trinajstić information content (AvgIpc) is 2.61. The molecule has 0 amide bonds. The van der Waals surface area contributed by atoms with Crippen LogP contribution in [0.3, 0.4) is 0 Å². The van der Waals surface area contributed by atoms with Crippen LogP contribution in [-0.2, 0) is 6.42 Å². The predicted molar refractivity (Wildman–Crippen MR) is 99.6 cm³/mol. The second-order valence-corrected chi connectivity index (χ2v) is 5.65. The molecule has 0 aliphatic heterocycles. The zero-order valence-electron chi connectivity index (χ0n) is 14.2. The first-order chi connectivity index (χ1) is 12.1. The lowest BCUT2D eigenvalue weighted by atomic mass is 9.99. The topological polar surface area (TPSA) is 82.1 Å². The van der Waals surface area contributed by atoms with E-state index in [1.807, 2.05) is 25.1 Å². The van der Waals surface area contributed by atoms with E-state index in [2.05, 4.69) is 23.2 Å². The van der Waals surface area contributed by atoms with Gasteiger partial charge in [-0.05, 0) is 67.3 Å². The first-order valence-corrected chi connectivity index (χ1v) is 8.09. The van der Waals surface area contributed by atoms with Gasteiger partial charge in [0.15, 0.2) is 0 Å². The largest absolute Gasteiger partial charge is 0.508 e. The fourth-order valence-corrected chi connectivity index (χ4v) is 2.45. The number of aromatic hydroxyl groups is 1. The van der Waals surface area contributed by atoms with Gasteiger partial charge in [0.1, 0.15) is 5.75 Å². The molecule has 2 aromatic rings. The molecule has 0 aliphatic rings. The van der Waals surface area contributed by atoms with E-state index in [9.17, 15) is 5.11 Å². The van der Waals surface area contributed by atoms with E-state index in [4.69, 9.17) is 11.0 Å². The average molecular weight is 331 g/mol. The summed E-state index contributed by atoms with van der Waals surface area (Å²) in [4.78, 5) is 0. The van der Waals surface area contributed by atoms with Gasteiger partial charge in [0.2, 0.25) is 0 Å². The molecule has 4 N–H and O–H groups in total. The lowest BCUT2D eigenvalue weighted by Crippen LogP contribution is -2.09. The Kier molecular flexibility index (Phi) is 6.51. The molecule has 2 aromatic carbocycles. The van der Waals surface area contributed by atoms with E-state index in [0.29, 0.717) is 5.56 Å². The molecule has 25 heavy (non-hydrogen) atoms. The third kappa shape index (κ3) is 5.34. The van der Waals surface area contributed by atoms with Crippen molar-refractivity contribution in [1.29, 1.82) is 5.26 Å². The Morgan fingerprint density at radius 1 is 1.16 bits per heavy atom. The van der Waals surface area contributed by atoms with Crippen molar-refractivity contribution in [2.24, 2.45) is 5.73 Å². The van der Waals surface area contributed by atoms with Crippen LogP contribution in [0, 0.1) is 30.1 Å². The molecule has 0 saturated heterocycles. The van der Waals surface area contributed by atoms with E-state index < -0.39 is 0 Å². The first-order valence-electron chi connectivity index (χ1n) is 8.09. The minimum atomic E-state index is 0.237. The number of hydrogen-bond acceptors (Lipinski definition) is 4. The summed E-state index contributed by atoms with van der Waals surface area (Å²) < 4.78 is 0. The quantitative estimate of drug-likeness (QED) is 0.581. The maximum Gasteiger partial charge on any atom is 0.115 e. The van der Waals surface area contributed by atoms with E-state index in [0.717, 1.165) is 41.6 Å². The highest BCUT2D eigenvalue weighted by atomic mass is 16.3. The second kappa shape index (κ2) is 9.05. The predicted octanol–water partition coefficient (Wildman–Crippen LogP) is 2.92. The van der Waals surface area contributed by atoms with Crippen molar-refractivity contribution < 1.29 is 5.11 Å². The summed E-state index contributed by atoms with van der Waals surface area (Å²) in [5.74, 6) is 6.59. The highest BCUT2D eigenvalue weighted by molar-refractivity contribution is 5.52. The summed E-state index contributed by atoms with van der Waals surface area (Å²) in [5.41, 5.74) is 9.71. The van der Waals surface area contributed by atoms with Crippen molar-refractivity contribution in [3.63, 3.8) is 0 Å². The maximum absolute atomic E-state index is 9.49. The Labute approximate surface area is 148 Å². The second-order valence-electron chi connectivity index (χ2n) is 5.65. The smallest absolute Gasteiger partial charge is 0.115 e. The number of nitrogens with two attached hydrogens (primary N) is 1. The first kappa shape index (κ1) is 18.0. The van der Waals surface area contributed by atoms with Crippen LogP contribution in [0.25, 0.3) is 0 Å². The third-order valence-corrected chi connectivity index (χ3v) is 3.76. The summed E-state index contributed by atoms with van der Waals surface area (Å²) in [6.45, 7) is 2.72. The maximum atomic E-state index is 9.49. The molecule has 0 bridgehead atoms. The van der Waals surface area contributed by atoms with Gasteiger partial charge in [0, 0.05) is 30.1 Å². The minimum Gasteiger partial charge on any atom is -0.508 e. The van der Waals surface area contributed by atoms with Crippen LogP contribution in [0.4, 0.5) is 0 Å². The van der Waals surface area contributed by atoms with E-state index in [1.54, 1.807) is 24.4 Å². The molecule has 0 aliphatic carbocycles. The molecule has 0 radical (unpaired) electrons. The number of nitrogens with one attached hydrogen (secondary N) is 1. The molecule has 0 aromatic heterocycles. The number of phenolic OH excluding ortho intramolecular Hbond substituents is 1. The number of nitrogens with zero attached hydrogens (tertiary/aromatic N) is 1. The Bertz CT molecular complexity index is 867. The number of nitriles is 1. The molecular formula is C21H21N3O. The lowest BCUT2D eigenvalue weighted by molar-refractivity contribution is 0.475. The molecule has 4 nitrogen and oxygen atoms in total. The lowest BCUT2D eigenvalue weighted by Gasteiger charge is -2.06. The van der Waals surface area contributed by atoms with Crippen molar-refractivity contribution in [3.05, 3.63) is 76.6 Å². The molecule has 4 heteroatoms. The third-order valence-electron chi connectivity index (χ3n) is 3.76. The summed E-state index contributed by atoms with van der Waals surface area (Å²) in [6, 6.07) is 12.9. The van der Waals surface area contributed by atoms with Crippen LogP contribution in [-0.4, -0.2) is 11.7 Å². The van der Waals surface area contributed by atoms with E-state index in [-0.39, 0.29) is 5.75 Å². The molecule has 0 spiro atoms. The van der Waals surface area contributed by atoms with Crippen molar-refractivity contribution in [3.8, 4) is 23.7 Å². The molecule has 0 saturated carbocycles. The highest BCUT2D eigenvalue weighted by Crippen LogP contribution is 2.16. The summed E-state index contributed by atoms with van der Waals surface area (Å²) >= 11 is 0. The van der Waals surface area contributed by atoms with E-state index in [1.165, 1.54) is 6.20 Å². The zero-order valence-corrected chi connectivity index (χ0v) is 14.2. The van der Waals surface area contributed by atoms with Crippen molar-refractivity contribution in [2.75, 3.05) is 6.54 Å². The fourth-order valence-electron chi connectivity index (χ4n) is 2.45. The zero-order chi connectivity index (χ0) is 18.1. The van der Waals surface area contributed by atoms with Gasteiger partial charge in [-0.3, -0.25) is 0 Å². The Morgan fingerprint density at radius 3 is 2.64 bits per heavy atom. The van der Waals surface area contributed by atoms with Gasteiger partial charge in [-0.2, -0.15) is 5.26 Å². The molecular weight excluding hydrogens is 310 g/mol. The van der Waals surface area contributed by atoms with Gasteiger partial charge in [-0.25, -0.2) is 0 Å². The summed E-state index contributed by atoms with van der Waals surface area (Å²) in [5, 5.41) is 21.7. The van der Waals surface area contributed by atoms with Crippen molar-refractivity contribution >= 4 is 0 Å². The van der Waals surface area contributed by atoms with Gasteiger partial charge in [0.05, 0.1) is 11.6 Å². The van der Waals surface area contributed by atoms with Crippen LogP contribution < -0.4 is 11.1 Å². The number of benzene rings is 2. The van der Waals surface area contributed by atoms with Gasteiger partial charge in [0.25, 0.3) is 0 Å². The summed E-state index contributed by atoms with van der Waals surface area (Å²) in [6.07, 6.45) is 4.90. The van der Waals surface area contributed by atoms with Crippen LogP contribution in [0.1, 0.15) is 34.2 Å². The Morgan fingerprint density at radius 2 is 1.92 bits per heavy atom. The molecule has 0 fully saturated rings. The van der Waals surface area contributed by atoms with Gasteiger partial charge < -0.3 is 16.2 Å². The number of phenols is 1. The van der Waals surface area contributed by atoms with Gasteiger partial charge in [-0.15, -0.1) is 0 Å². The van der Waals surface area contributed by atoms with Crippen molar-refractivity contribution in [1.82, 2.24) is 5.32 Å². The molecule has 0 unspecified atom stereocenters. The SMILES string of the molecule is Cc1cc(O)ccc1C#Cc1ccc(C#N)cc1CCCN/C=C\N. The van der Waals surface area contributed by atoms with Gasteiger partial charge >= 0.3 is 0 Å². The number of aryl methyl sites for hydroxylation is 2. The van der Waals surface area contributed by atoms with Crippen LogP contribution in [0.5, 0.6) is 5.75 Å². The monoisotopic (exact) mass is 331 g/mol. The van der Waals surface area contributed by atoms with Crippen LogP contribution in [0.15, 0.2) is 48.8 Å². The molecule has 0 atom stereocenters. The van der Waals surface area contributed by atoms with Crippen LogP contribution in [0.2, 0.25) is 0 Å². The van der Waals surface area contributed by atoms with E-state index >= 15 is 0 Å². The summed E-state index contributed by atoms with van der Waals surface area (Å²) in [7, 11) is 0. The van der Waals surface area contributed by atoms with Crippen molar-refractivity contribution in [2.45, 2.75) is 19.8 Å². The highest BCUT2D eigenvalue weighted by Gasteiger charge is 2.03. The van der Waals surface area contributed by atoms with Gasteiger partial charge in [-0.1, -0.05) is 11.8 Å². The van der Waals surface area contributed by atoms with Crippen LogP contribution >= 0.6 is 0 Å². The normalized spacial score (nSPS) is 10.1. The molecule has 0 heterocycles. The molecule has 2 rings (SSSR count). The number of hydrogen-bond donors (Lipinski definition) is 3. The fraction of sp³-hybridized carbons (Fsp3) is 0.190. The standard InChI is InChI=1S/C21H21N3O/c1-16-13-21(25)9-8-18(16)6-7-19-5-4-17(15-23)14-20(19)3-2-11-24-12-10-22/h4-5,8-10,12-14,24-25H,2-3,11,22H2,1H3/b12-10-. The molecule has 126 valence electrons.